The van der Waals surface area contributed by atoms with E-state index in [9.17, 15) is 18.0 Å². The Morgan fingerprint density at radius 2 is 1.75 bits per heavy atom. The van der Waals surface area contributed by atoms with E-state index in [0.717, 1.165) is 25.0 Å². The standard InChI is InChI=1S/C19H20F3NO/c1-3-4-12-23(14(2)24)18-11-10-16(19(20,21)22)13-17(18)15-8-6-5-7-9-15/h5-11,13H,3-4,12H2,1-2H3. The van der Waals surface area contributed by atoms with Crippen molar-refractivity contribution in [1.82, 2.24) is 0 Å². The number of rotatable bonds is 5. The molecule has 0 N–H and O–H groups in total. The molecule has 0 bridgehead atoms. The molecule has 0 saturated heterocycles. The van der Waals surface area contributed by atoms with Crippen LogP contribution < -0.4 is 4.90 Å². The third kappa shape index (κ3) is 4.16. The summed E-state index contributed by atoms with van der Waals surface area (Å²) < 4.78 is 39.3. The normalized spacial score (nSPS) is 11.4. The van der Waals surface area contributed by atoms with Crippen LogP contribution in [0.5, 0.6) is 0 Å². The minimum atomic E-state index is -4.42. The van der Waals surface area contributed by atoms with Crippen molar-refractivity contribution in [2.24, 2.45) is 0 Å². The van der Waals surface area contributed by atoms with Crippen molar-refractivity contribution in [3.8, 4) is 11.1 Å². The highest BCUT2D eigenvalue weighted by molar-refractivity contribution is 5.96. The predicted molar refractivity (Wildman–Crippen MR) is 89.8 cm³/mol. The van der Waals surface area contributed by atoms with Gasteiger partial charge in [-0.1, -0.05) is 43.7 Å². The molecule has 5 heteroatoms. The van der Waals surface area contributed by atoms with E-state index in [2.05, 4.69) is 0 Å². The number of nitrogens with zero attached hydrogens (tertiary/aromatic N) is 1. The first-order valence-electron chi connectivity index (χ1n) is 7.89. The van der Waals surface area contributed by atoms with Crippen LogP contribution in [-0.4, -0.2) is 12.5 Å². The molecule has 0 heterocycles. The van der Waals surface area contributed by atoms with Crippen LogP contribution in [-0.2, 0) is 11.0 Å². The first kappa shape index (κ1) is 18.0. The number of carbonyl (C=O) groups excluding carboxylic acids is 1. The molecule has 1 amide bonds. The molecule has 0 unspecified atom stereocenters. The minimum absolute atomic E-state index is 0.180. The van der Waals surface area contributed by atoms with Gasteiger partial charge in [-0.2, -0.15) is 13.2 Å². The number of unbranched alkanes of at least 4 members (excludes halogenated alkanes) is 1. The van der Waals surface area contributed by atoms with Crippen LogP contribution in [0, 0.1) is 0 Å². The van der Waals surface area contributed by atoms with Gasteiger partial charge in [0.15, 0.2) is 0 Å². The SMILES string of the molecule is CCCCN(C(C)=O)c1ccc(C(F)(F)F)cc1-c1ccccc1. The highest BCUT2D eigenvalue weighted by atomic mass is 19.4. The van der Waals surface area contributed by atoms with Crippen molar-refractivity contribution < 1.29 is 18.0 Å². The van der Waals surface area contributed by atoms with E-state index in [1.165, 1.54) is 13.0 Å². The van der Waals surface area contributed by atoms with E-state index in [4.69, 9.17) is 0 Å². The summed E-state index contributed by atoms with van der Waals surface area (Å²) in [6, 6.07) is 12.4. The topological polar surface area (TPSA) is 20.3 Å². The van der Waals surface area contributed by atoms with Crippen LogP contribution in [0.25, 0.3) is 11.1 Å². The Balaban J connectivity index is 2.59. The molecule has 0 atom stereocenters. The van der Waals surface area contributed by atoms with Crippen molar-refractivity contribution in [3.63, 3.8) is 0 Å². The van der Waals surface area contributed by atoms with E-state index in [1.54, 1.807) is 35.2 Å². The third-order valence-corrected chi connectivity index (χ3v) is 3.81. The van der Waals surface area contributed by atoms with E-state index in [1.807, 2.05) is 6.92 Å². The van der Waals surface area contributed by atoms with Gasteiger partial charge in [0.25, 0.3) is 0 Å². The summed E-state index contributed by atoms with van der Waals surface area (Å²) in [5.74, 6) is -0.180. The zero-order valence-electron chi connectivity index (χ0n) is 13.7. The summed E-state index contributed by atoms with van der Waals surface area (Å²) in [5.41, 5.74) is 0.859. The maximum Gasteiger partial charge on any atom is 0.416 e. The van der Waals surface area contributed by atoms with Gasteiger partial charge < -0.3 is 4.90 Å². The summed E-state index contributed by atoms with van der Waals surface area (Å²) in [5, 5.41) is 0. The summed E-state index contributed by atoms with van der Waals surface area (Å²) in [4.78, 5) is 13.6. The van der Waals surface area contributed by atoms with Gasteiger partial charge in [-0.3, -0.25) is 4.79 Å². The van der Waals surface area contributed by atoms with Gasteiger partial charge in [-0.15, -0.1) is 0 Å². The second-order valence-electron chi connectivity index (χ2n) is 5.62. The lowest BCUT2D eigenvalue weighted by Crippen LogP contribution is -2.30. The molecule has 2 aromatic carbocycles. The fourth-order valence-corrected chi connectivity index (χ4v) is 2.56. The van der Waals surface area contributed by atoms with Crippen LogP contribution in [0.15, 0.2) is 48.5 Å². The van der Waals surface area contributed by atoms with Gasteiger partial charge >= 0.3 is 6.18 Å². The molecule has 2 aromatic rings. The van der Waals surface area contributed by atoms with E-state index >= 15 is 0 Å². The molecule has 0 saturated carbocycles. The zero-order chi connectivity index (χ0) is 17.7. The monoisotopic (exact) mass is 335 g/mol. The summed E-state index contributed by atoms with van der Waals surface area (Å²) in [6.45, 7) is 3.92. The number of amides is 1. The number of benzene rings is 2. The van der Waals surface area contributed by atoms with Crippen molar-refractivity contribution in [1.29, 1.82) is 0 Å². The maximum absolute atomic E-state index is 13.1. The summed E-state index contributed by atoms with van der Waals surface area (Å²) in [6.07, 6.45) is -2.74. The fourth-order valence-electron chi connectivity index (χ4n) is 2.56. The highest BCUT2D eigenvalue weighted by Gasteiger charge is 2.31. The zero-order valence-corrected chi connectivity index (χ0v) is 13.7. The highest BCUT2D eigenvalue weighted by Crippen LogP contribution is 2.37. The molecule has 24 heavy (non-hydrogen) atoms. The number of carbonyl (C=O) groups is 1. The van der Waals surface area contributed by atoms with Crippen LogP contribution in [0.4, 0.5) is 18.9 Å². The molecule has 2 nitrogen and oxygen atoms in total. The molecule has 0 aliphatic rings. The number of alkyl halides is 3. The van der Waals surface area contributed by atoms with Gasteiger partial charge in [0.05, 0.1) is 11.3 Å². The second-order valence-corrected chi connectivity index (χ2v) is 5.62. The number of hydrogen-bond donors (Lipinski definition) is 0. The van der Waals surface area contributed by atoms with Gasteiger partial charge in [-0.25, -0.2) is 0 Å². The van der Waals surface area contributed by atoms with Crippen molar-refractivity contribution in [3.05, 3.63) is 54.1 Å². The number of halogens is 3. The fraction of sp³-hybridized carbons (Fsp3) is 0.316. The van der Waals surface area contributed by atoms with Gasteiger partial charge in [0.2, 0.25) is 5.91 Å². The molecule has 2 rings (SSSR count). The molecule has 0 radical (unpaired) electrons. The minimum Gasteiger partial charge on any atom is -0.312 e. The average molecular weight is 335 g/mol. The molecular formula is C19H20F3NO. The second kappa shape index (κ2) is 7.51. The largest absolute Gasteiger partial charge is 0.416 e. The van der Waals surface area contributed by atoms with E-state index in [0.29, 0.717) is 23.4 Å². The van der Waals surface area contributed by atoms with Crippen LogP contribution in [0.3, 0.4) is 0 Å². The Kier molecular flexibility index (Phi) is 5.65. The van der Waals surface area contributed by atoms with E-state index < -0.39 is 11.7 Å². The Hall–Kier alpha value is -2.30. The first-order valence-corrected chi connectivity index (χ1v) is 7.89. The Bertz CT molecular complexity index is 696. The number of anilines is 1. The average Bonchev–Trinajstić information content (AvgIpc) is 2.55. The molecule has 0 aliphatic carbocycles. The lowest BCUT2D eigenvalue weighted by atomic mass is 9.99. The van der Waals surface area contributed by atoms with Crippen LogP contribution >= 0.6 is 0 Å². The van der Waals surface area contributed by atoms with Crippen LogP contribution in [0.2, 0.25) is 0 Å². The lowest BCUT2D eigenvalue weighted by Gasteiger charge is -2.25. The number of hydrogen-bond acceptors (Lipinski definition) is 1. The summed E-state index contributed by atoms with van der Waals surface area (Å²) >= 11 is 0. The molecule has 128 valence electrons. The Morgan fingerprint density at radius 1 is 1.08 bits per heavy atom. The molecule has 0 aliphatic heterocycles. The summed E-state index contributed by atoms with van der Waals surface area (Å²) in [7, 11) is 0. The third-order valence-electron chi connectivity index (χ3n) is 3.81. The molecule has 0 spiro atoms. The molecular weight excluding hydrogens is 315 g/mol. The van der Waals surface area contributed by atoms with Crippen molar-refractivity contribution >= 4 is 11.6 Å². The molecule has 0 aromatic heterocycles. The van der Waals surface area contributed by atoms with Gasteiger partial charge in [0, 0.05) is 19.0 Å². The van der Waals surface area contributed by atoms with Crippen molar-refractivity contribution in [2.75, 3.05) is 11.4 Å². The lowest BCUT2D eigenvalue weighted by molar-refractivity contribution is -0.137. The van der Waals surface area contributed by atoms with Crippen LogP contribution in [0.1, 0.15) is 32.3 Å². The molecule has 0 fully saturated rings. The Morgan fingerprint density at radius 3 is 2.29 bits per heavy atom. The van der Waals surface area contributed by atoms with Crippen molar-refractivity contribution in [2.45, 2.75) is 32.9 Å². The van der Waals surface area contributed by atoms with Gasteiger partial charge in [0.1, 0.15) is 0 Å². The predicted octanol–water partition coefficient (Wildman–Crippen LogP) is 5.53. The quantitative estimate of drug-likeness (QED) is 0.704. The first-order chi connectivity index (χ1) is 11.3. The van der Waals surface area contributed by atoms with E-state index in [-0.39, 0.29) is 5.91 Å². The smallest absolute Gasteiger partial charge is 0.312 e. The Labute approximate surface area is 139 Å². The van der Waals surface area contributed by atoms with Gasteiger partial charge in [-0.05, 0) is 30.2 Å². The maximum atomic E-state index is 13.1.